The highest BCUT2D eigenvalue weighted by molar-refractivity contribution is 6.06. The van der Waals surface area contributed by atoms with Gasteiger partial charge in [-0.1, -0.05) is 18.2 Å². The number of carbonyl (C=O) groups excluding carboxylic acids is 2. The van der Waals surface area contributed by atoms with E-state index >= 15 is 0 Å². The lowest BCUT2D eigenvalue weighted by molar-refractivity contribution is -0.137. The smallest absolute Gasteiger partial charge is 0.387 e. The zero-order chi connectivity index (χ0) is 22.8. The van der Waals surface area contributed by atoms with E-state index in [0.717, 1.165) is 16.8 Å². The molecule has 0 radical (unpaired) electrons. The minimum absolute atomic E-state index is 0.0600. The molecule has 0 spiro atoms. The molecule has 2 amide bonds. The third-order valence-corrected chi connectivity index (χ3v) is 5.56. The maximum Gasteiger partial charge on any atom is 0.387 e. The molecule has 0 saturated carbocycles. The molecule has 7 nitrogen and oxygen atoms in total. The van der Waals surface area contributed by atoms with Gasteiger partial charge in [-0.25, -0.2) is 5.01 Å². The number of methoxy groups -OCH3 is 1. The van der Waals surface area contributed by atoms with Gasteiger partial charge >= 0.3 is 6.61 Å². The summed E-state index contributed by atoms with van der Waals surface area (Å²) in [6.45, 7) is -0.536. The van der Waals surface area contributed by atoms with Gasteiger partial charge in [0.2, 0.25) is 5.91 Å². The van der Waals surface area contributed by atoms with Crippen LogP contribution in [0.15, 0.2) is 47.6 Å². The van der Waals surface area contributed by atoms with E-state index in [1.54, 1.807) is 13.2 Å². The number of ether oxygens (including phenoxy) is 2. The number of likely N-dealkylation sites (tertiary alicyclic amines) is 1. The van der Waals surface area contributed by atoms with Crippen molar-refractivity contribution in [1.82, 2.24) is 9.91 Å². The number of aryl methyl sites for hydroxylation is 1. The Kier molecular flexibility index (Phi) is 6.07. The van der Waals surface area contributed by atoms with Crippen LogP contribution in [0.2, 0.25) is 0 Å². The summed E-state index contributed by atoms with van der Waals surface area (Å²) in [7, 11) is 1.59. The van der Waals surface area contributed by atoms with Crippen LogP contribution in [0.3, 0.4) is 0 Å². The van der Waals surface area contributed by atoms with E-state index in [9.17, 15) is 18.4 Å². The quantitative estimate of drug-likeness (QED) is 0.686. The standard InChI is InChI=1S/C23H23F2N3O4/c1-14-7-8-16(20(11-14)31-2)18-9-10-21(29)28(26-18)15-12-27(13-15)22(30)17-5-3-4-6-19(17)32-23(24)25/h3-8,11,15,23H,9-10,12-13H2,1-2H3. The molecule has 32 heavy (non-hydrogen) atoms. The Bertz CT molecular complexity index is 1070. The lowest BCUT2D eigenvalue weighted by Crippen LogP contribution is -2.61. The molecule has 0 atom stereocenters. The summed E-state index contributed by atoms with van der Waals surface area (Å²) in [5.41, 5.74) is 2.70. The van der Waals surface area contributed by atoms with Gasteiger partial charge in [-0.15, -0.1) is 0 Å². The van der Waals surface area contributed by atoms with E-state index in [-0.39, 0.29) is 36.4 Å². The van der Waals surface area contributed by atoms with E-state index in [1.165, 1.54) is 28.1 Å². The molecule has 0 N–H and O–H groups in total. The fourth-order valence-corrected chi connectivity index (χ4v) is 3.87. The van der Waals surface area contributed by atoms with E-state index in [2.05, 4.69) is 9.84 Å². The van der Waals surface area contributed by atoms with Crippen molar-refractivity contribution < 1.29 is 27.8 Å². The monoisotopic (exact) mass is 443 g/mol. The van der Waals surface area contributed by atoms with Crippen LogP contribution >= 0.6 is 0 Å². The predicted molar refractivity (Wildman–Crippen MR) is 113 cm³/mol. The number of amides is 2. The summed E-state index contributed by atoms with van der Waals surface area (Å²) in [6, 6.07) is 11.4. The number of carbonyl (C=O) groups is 2. The molecular formula is C23H23F2N3O4. The van der Waals surface area contributed by atoms with Crippen molar-refractivity contribution in [3.8, 4) is 11.5 Å². The first-order chi connectivity index (χ1) is 15.4. The molecule has 9 heteroatoms. The Hall–Kier alpha value is -3.49. The van der Waals surface area contributed by atoms with Crippen LogP contribution in [-0.2, 0) is 4.79 Å². The molecule has 2 aromatic rings. The number of hydrazone groups is 1. The lowest BCUT2D eigenvalue weighted by Gasteiger charge is -2.44. The van der Waals surface area contributed by atoms with Crippen molar-refractivity contribution in [2.24, 2.45) is 5.10 Å². The van der Waals surface area contributed by atoms with Crippen LogP contribution in [0, 0.1) is 6.92 Å². The second-order valence-corrected chi connectivity index (χ2v) is 7.73. The Morgan fingerprint density at radius 3 is 2.59 bits per heavy atom. The summed E-state index contributed by atoms with van der Waals surface area (Å²) in [4.78, 5) is 26.8. The highest BCUT2D eigenvalue weighted by atomic mass is 19.3. The highest BCUT2D eigenvalue weighted by Gasteiger charge is 2.40. The van der Waals surface area contributed by atoms with Crippen LogP contribution in [-0.4, -0.2) is 60.3 Å². The van der Waals surface area contributed by atoms with Crippen LogP contribution in [0.1, 0.15) is 34.3 Å². The normalized spacial score (nSPS) is 16.7. The number of halogens is 2. The molecular weight excluding hydrogens is 420 g/mol. The molecule has 2 aromatic carbocycles. The molecule has 1 fully saturated rings. The van der Waals surface area contributed by atoms with Crippen LogP contribution < -0.4 is 9.47 Å². The number of rotatable bonds is 6. The number of alkyl halides is 2. The van der Waals surface area contributed by atoms with Crippen molar-refractivity contribution in [3.05, 3.63) is 59.2 Å². The van der Waals surface area contributed by atoms with Crippen LogP contribution in [0.5, 0.6) is 11.5 Å². The summed E-state index contributed by atoms with van der Waals surface area (Å²) < 4.78 is 35.2. The molecule has 0 unspecified atom stereocenters. The fourth-order valence-electron chi connectivity index (χ4n) is 3.87. The van der Waals surface area contributed by atoms with Crippen molar-refractivity contribution in [3.63, 3.8) is 0 Å². The molecule has 1 saturated heterocycles. The summed E-state index contributed by atoms with van der Waals surface area (Å²) in [5.74, 6) is -0.0133. The van der Waals surface area contributed by atoms with E-state index in [4.69, 9.17) is 4.74 Å². The van der Waals surface area contributed by atoms with Gasteiger partial charge in [0.25, 0.3) is 5.91 Å². The Morgan fingerprint density at radius 1 is 1.12 bits per heavy atom. The van der Waals surface area contributed by atoms with E-state index in [1.807, 2.05) is 25.1 Å². The Morgan fingerprint density at radius 2 is 1.88 bits per heavy atom. The fraction of sp³-hybridized carbons (Fsp3) is 0.348. The van der Waals surface area contributed by atoms with Crippen molar-refractivity contribution in [2.75, 3.05) is 20.2 Å². The van der Waals surface area contributed by atoms with Crippen molar-refractivity contribution in [2.45, 2.75) is 32.4 Å². The molecule has 4 rings (SSSR count). The lowest BCUT2D eigenvalue weighted by atomic mass is 10.00. The average Bonchev–Trinajstić information content (AvgIpc) is 2.74. The average molecular weight is 443 g/mol. The second kappa shape index (κ2) is 8.94. The molecule has 2 aliphatic heterocycles. The molecule has 0 aromatic heterocycles. The van der Waals surface area contributed by atoms with Crippen LogP contribution in [0.4, 0.5) is 8.78 Å². The first-order valence-electron chi connectivity index (χ1n) is 10.2. The molecule has 0 aliphatic carbocycles. The highest BCUT2D eigenvalue weighted by Crippen LogP contribution is 2.29. The second-order valence-electron chi connectivity index (χ2n) is 7.73. The van der Waals surface area contributed by atoms with Gasteiger partial charge in [0, 0.05) is 31.5 Å². The van der Waals surface area contributed by atoms with Gasteiger partial charge in [-0.2, -0.15) is 13.9 Å². The number of nitrogens with zero attached hydrogens (tertiary/aromatic N) is 3. The third-order valence-electron chi connectivity index (χ3n) is 5.56. The van der Waals surface area contributed by atoms with Crippen LogP contribution in [0.25, 0.3) is 0 Å². The first kappa shape index (κ1) is 21.7. The number of para-hydroxylation sites is 1. The Balaban J connectivity index is 1.49. The number of benzene rings is 2. The maximum atomic E-state index is 12.8. The topological polar surface area (TPSA) is 71.4 Å². The third kappa shape index (κ3) is 4.28. The van der Waals surface area contributed by atoms with Gasteiger partial charge in [0.05, 0.1) is 24.4 Å². The summed E-state index contributed by atoms with van der Waals surface area (Å²) in [5, 5.41) is 6.01. The zero-order valence-electron chi connectivity index (χ0n) is 17.8. The summed E-state index contributed by atoms with van der Waals surface area (Å²) in [6.07, 6.45) is 0.813. The van der Waals surface area contributed by atoms with Gasteiger partial charge in [0.1, 0.15) is 11.5 Å². The minimum Gasteiger partial charge on any atom is -0.496 e. The summed E-state index contributed by atoms with van der Waals surface area (Å²) >= 11 is 0. The maximum absolute atomic E-state index is 12.8. The van der Waals surface area contributed by atoms with Gasteiger partial charge in [-0.05, 0) is 36.8 Å². The zero-order valence-corrected chi connectivity index (χ0v) is 17.8. The van der Waals surface area contributed by atoms with Gasteiger partial charge < -0.3 is 14.4 Å². The van der Waals surface area contributed by atoms with E-state index < -0.39 is 12.5 Å². The minimum atomic E-state index is -3.02. The van der Waals surface area contributed by atoms with Gasteiger partial charge in [-0.3, -0.25) is 9.59 Å². The molecule has 2 aliphatic rings. The largest absolute Gasteiger partial charge is 0.496 e. The molecule has 0 bridgehead atoms. The van der Waals surface area contributed by atoms with Crippen molar-refractivity contribution >= 4 is 17.5 Å². The predicted octanol–water partition coefficient (Wildman–Crippen LogP) is 3.46. The molecule has 168 valence electrons. The Labute approximate surface area is 184 Å². The van der Waals surface area contributed by atoms with E-state index in [0.29, 0.717) is 18.6 Å². The first-order valence-corrected chi connectivity index (χ1v) is 10.2. The SMILES string of the molecule is COc1cc(C)ccc1C1=NN(C2CN(C(=O)c3ccccc3OC(F)F)C2)C(=O)CC1. The van der Waals surface area contributed by atoms with Gasteiger partial charge in [0.15, 0.2) is 0 Å². The van der Waals surface area contributed by atoms with Crippen molar-refractivity contribution in [1.29, 1.82) is 0 Å². The number of hydrogen-bond acceptors (Lipinski definition) is 5. The number of hydrogen-bond donors (Lipinski definition) is 0. The molecule has 2 heterocycles.